The lowest BCUT2D eigenvalue weighted by atomic mass is 10.2. The van der Waals surface area contributed by atoms with E-state index in [-0.39, 0.29) is 28.6 Å². The number of benzene rings is 1. The van der Waals surface area contributed by atoms with Gasteiger partial charge in [0.1, 0.15) is 5.82 Å². The SMILES string of the molecule is CCN(CC)C(=O)CNS(=O)(=O)c1cc(N)c(C)c(F)c1. The standard InChI is InChI=1S/C13H20FN3O3S/c1-4-17(5-2)13(18)8-16-21(19,20)10-6-11(14)9(3)12(15)7-10/h6-7,16H,4-5,8,15H2,1-3H3. The van der Waals surface area contributed by atoms with Crippen LogP contribution in [-0.4, -0.2) is 38.9 Å². The Morgan fingerprint density at radius 2 is 1.90 bits per heavy atom. The number of halogens is 1. The van der Waals surface area contributed by atoms with Crippen molar-refractivity contribution in [2.45, 2.75) is 25.7 Å². The van der Waals surface area contributed by atoms with E-state index in [2.05, 4.69) is 4.72 Å². The number of sulfonamides is 1. The van der Waals surface area contributed by atoms with Crippen LogP contribution < -0.4 is 10.5 Å². The number of hydrogen-bond donors (Lipinski definition) is 2. The van der Waals surface area contributed by atoms with E-state index >= 15 is 0 Å². The molecule has 0 saturated heterocycles. The maximum absolute atomic E-state index is 13.6. The van der Waals surface area contributed by atoms with Gasteiger partial charge in [-0.15, -0.1) is 0 Å². The summed E-state index contributed by atoms with van der Waals surface area (Å²) in [5.41, 5.74) is 5.79. The maximum atomic E-state index is 13.6. The lowest BCUT2D eigenvalue weighted by Crippen LogP contribution is -2.40. The fraction of sp³-hybridized carbons (Fsp3) is 0.462. The van der Waals surface area contributed by atoms with Gasteiger partial charge in [0.25, 0.3) is 0 Å². The van der Waals surface area contributed by atoms with E-state index < -0.39 is 15.8 Å². The van der Waals surface area contributed by atoms with Gasteiger partial charge in [-0.25, -0.2) is 17.5 Å². The number of rotatable bonds is 6. The number of nitrogens with two attached hydrogens (primary N) is 1. The number of carbonyl (C=O) groups excluding carboxylic acids is 1. The third-order valence-electron chi connectivity index (χ3n) is 3.20. The van der Waals surface area contributed by atoms with Gasteiger partial charge in [0.15, 0.2) is 0 Å². The molecule has 1 amide bonds. The van der Waals surface area contributed by atoms with Gasteiger partial charge in [-0.3, -0.25) is 4.79 Å². The zero-order valence-corrected chi connectivity index (χ0v) is 13.1. The van der Waals surface area contributed by atoms with Crippen LogP contribution in [0.15, 0.2) is 17.0 Å². The van der Waals surface area contributed by atoms with Crippen molar-refractivity contribution in [2.24, 2.45) is 0 Å². The van der Waals surface area contributed by atoms with E-state index in [1.165, 1.54) is 17.9 Å². The van der Waals surface area contributed by atoms with Crippen LogP contribution >= 0.6 is 0 Å². The van der Waals surface area contributed by atoms with Crippen LogP contribution in [0.25, 0.3) is 0 Å². The molecule has 3 N–H and O–H groups in total. The first kappa shape index (κ1) is 17.4. The van der Waals surface area contributed by atoms with Crippen molar-refractivity contribution in [1.82, 2.24) is 9.62 Å². The second-order valence-electron chi connectivity index (χ2n) is 4.51. The first-order chi connectivity index (χ1) is 9.72. The molecular weight excluding hydrogens is 297 g/mol. The quantitative estimate of drug-likeness (QED) is 0.761. The molecule has 8 heteroatoms. The Bertz CT molecular complexity index is 605. The molecule has 0 aliphatic rings. The number of nitrogens with zero attached hydrogens (tertiary/aromatic N) is 1. The monoisotopic (exact) mass is 317 g/mol. The van der Waals surface area contributed by atoms with E-state index in [1.807, 2.05) is 0 Å². The topological polar surface area (TPSA) is 92.5 Å². The molecule has 0 bridgehead atoms. The summed E-state index contributed by atoms with van der Waals surface area (Å²) in [4.78, 5) is 13.0. The number of amides is 1. The Hall–Kier alpha value is -1.67. The molecule has 0 spiro atoms. The van der Waals surface area contributed by atoms with Gasteiger partial charge in [0.05, 0.1) is 11.4 Å². The van der Waals surface area contributed by atoms with Gasteiger partial charge in [0, 0.05) is 24.3 Å². The van der Waals surface area contributed by atoms with E-state index in [0.717, 1.165) is 6.07 Å². The number of nitrogens with one attached hydrogen (secondary N) is 1. The minimum absolute atomic E-state index is 0.0467. The fourth-order valence-electron chi connectivity index (χ4n) is 1.76. The Morgan fingerprint density at radius 1 is 1.33 bits per heavy atom. The fourth-order valence-corrected chi connectivity index (χ4v) is 2.78. The number of likely N-dealkylation sites (N-methyl/N-ethyl adjacent to an activating group) is 1. The van der Waals surface area contributed by atoms with Crippen molar-refractivity contribution in [2.75, 3.05) is 25.4 Å². The summed E-state index contributed by atoms with van der Waals surface area (Å²) in [7, 11) is -3.98. The molecule has 0 fully saturated rings. The third kappa shape index (κ3) is 4.15. The van der Waals surface area contributed by atoms with Crippen LogP contribution in [0.2, 0.25) is 0 Å². The van der Waals surface area contributed by atoms with Gasteiger partial charge < -0.3 is 10.6 Å². The smallest absolute Gasteiger partial charge is 0.241 e. The highest BCUT2D eigenvalue weighted by Crippen LogP contribution is 2.20. The first-order valence-corrected chi connectivity index (χ1v) is 8.04. The normalized spacial score (nSPS) is 11.4. The Kier molecular flexibility index (Phi) is 5.68. The first-order valence-electron chi connectivity index (χ1n) is 6.56. The Labute approximate surface area is 124 Å². The molecule has 0 saturated carbocycles. The van der Waals surface area contributed by atoms with Crippen molar-refractivity contribution >= 4 is 21.6 Å². The van der Waals surface area contributed by atoms with E-state index in [1.54, 1.807) is 13.8 Å². The highest BCUT2D eigenvalue weighted by molar-refractivity contribution is 7.89. The third-order valence-corrected chi connectivity index (χ3v) is 4.58. The summed E-state index contributed by atoms with van der Waals surface area (Å²) >= 11 is 0. The van der Waals surface area contributed by atoms with Crippen LogP contribution in [-0.2, 0) is 14.8 Å². The van der Waals surface area contributed by atoms with Crippen LogP contribution in [0.4, 0.5) is 10.1 Å². The molecule has 0 unspecified atom stereocenters. The number of nitrogen functional groups attached to an aromatic ring is 1. The van der Waals surface area contributed by atoms with Gasteiger partial charge in [-0.05, 0) is 32.9 Å². The van der Waals surface area contributed by atoms with Crippen molar-refractivity contribution in [3.63, 3.8) is 0 Å². The Morgan fingerprint density at radius 3 is 2.38 bits per heavy atom. The second kappa shape index (κ2) is 6.86. The maximum Gasteiger partial charge on any atom is 0.241 e. The van der Waals surface area contributed by atoms with Crippen LogP contribution in [0, 0.1) is 12.7 Å². The second-order valence-corrected chi connectivity index (χ2v) is 6.28. The molecule has 6 nitrogen and oxygen atoms in total. The molecule has 0 heterocycles. The zero-order chi connectivity index (χ0) is 16.2. The summed E-state index contributed by atoms with van der Waals surface area (Å²) in [5.74, 6) is -1.05. The van der Waals surface area contributed by atoms with E-state index in [0.29, 0.717) is 13.1 Å². The summed E-state index contributed by atoms with van der Waals surface area (Å²) in [6, 6.07) is 2.05. The lowest BCUT2D eigenvalue weighted by Gasteiger charge is -2.18. The van der Waals surface area contributed by atoms with E-state index in [4.69, 9.17) is 5.73 Å². The summed E-state index contributed by atoms with van der Waals surface area (Å²) in [5, 5.41) is 0. The molecule has 0 aliphatic carbocycles. The van der Waals surface area contributed by atoms with Crippen molar-refractivity contribution in [3.05, 3.63) is 23.5 Å². The molecule has 1 aromatic rings. The van der Waals surface area contributed by atoms with Gasteiger partial charge >= 0.3 is 0 Å². The Balaban J connectivity index is 2.90. The number of anilines is 1. The van der Waals surface area contributed by atoms with Crippen molar-refractivity contribution < 1.29 is 17.6 Å². The summed E-state index contributed by atoms with van der Waals surface area (Å²) < 4.78 is 39.8. The predicted molar refractivity (Wildman–Crippen MR) is 78.7 cm³/mol. The molecule has 1 rings (SSSR count). The molecule has 21 heavy (non-hydrogen) atoms. The molecule has 0 aliphatic heterocycles. The average Bonchev–Trinajstić information content (AvgIpc) is 2.43. The van der Waals surface area contributed by atoms with Crippen LogP contribution in [0.3, 0.4) is 0 Å². The van der Waals surface area contributed by atoms with Crippen molar-refractivity contribution in [1.29, 1.82) is 0 Å². The molecule has 1 aromatic carbocycles. The minimum atomic E-state index is -3.98. The molecule has 118 valence electrons. The molecule has 0 atom stereocenters. The van der Waals surface area contributed by atoms with Crippen molar-refractivity contribution in [3.8, 4) is 0 Å². The van der Waals surface area contributed by atoms with Crippen LogP contribution in [0.1, 0.15) is 19.4 Å². The molecule has 0 aromatic heterocycles. The average molecular weight is 317 g/mol. The largest absolute Gasteiger partial charge is 0.398 e. The highest BCUT2D eigenvalue weighted by atomic mass is 32.2. The zero-order valence-electron chi connectivity index (χ0n) is 12.3. The molecule has 0 radical (unpaired) electrons. The van der Waals surface area contributed by atoms with Crippen LogP contribution in [0.5, 0.6) is 0 Å². The predicted octanol–water partition coefficient (Wildman–Crippen LogP) is 0.863. The van der Waals surface area contributed by atoms with E-state index in [9.17, 15) is 17.6 Å². The van der Waals surface area contributed by atoms with Gasteiger partial charge in [-0.1, -0.05) is 0 Å². The minimum Gasteiger partial charge on any atom is -0.398 e. The summed E-state index contributed by atoms with van der Waals surface area (Å²) in [6.45, 7) is 5.65. The van der Waals surface area contributed by atoms with Gasteiger partial charge in [0.2, 0.25) is 15.9 Å². The number of hydrogen-bond acceptors (Lipinski definition) is 4. The molecular formula is C13H20FN3O3S. The highest BCUT2D eigenvalue weighted by Gasteiger charge is 2.19. The lowest BCUT2D eigenvalue weighted by molar-refractivity contribution is -0.129. The summed E-state index contributed by atoms with van der Waals surface area (Å²) in [6.07, 6.45) is 0. The van der Waals surface area contributed by atoms with Gasteiger partial charge in [-0.2, -0.15) is 0 Å². The number of carbonyl (C=O) groups is 1.